The van der Waals surface area contributed by atoms with Crippen LogP contribution in [0.5, 0.6) is 5.75 Å². The van der Waals surface area contributed by atoms with E-state index in [-0.39, 0.29) is 28.5 Å². The molecule has 1 aliphatic rings. The Morgan fingerprint density at radius 3 is 2.77 bits per heavy atom. The number of carbonyl (C=O) groups is 1. The first-order valence-electron chi connectivity index (χ1n) is 9.21. The van der Waals surface area contributed by atoms with Gasteiger partial charge in [-0.15, -0.1) is 11.3 Å². The van der Waals surface area contributed by atoms with E-state index in [2.05, 4.69) is 15.0 Å². The lowest BCUT2D eigenvalue weighted by Crippen LogP contribution is -2.38. The van der Waals surface area contributed by atoms with Gasteiger partial charge >= 0.3 is 0 Å². The van der Waals surface area contributed by atoms with Crippen LogP contribution in [0.1, 0.15) is 11.1 Å². The molecule has 3 aromatic rings. The highest BCUT2D eigenvalue weighted by atomic mass is 35.5. The number of fused-ring (bicyclic) bond motifs is 1. The summed E-state index contributed by atoms with van der Waals surface area (Å²) >= 11 is 6.89. The minimum absolute atomic E-state index is 0.0840. The van der Waals surface area contributed by atoms with Gasteiger partial charge in [-0.3, -0.25) is 9.52 Å². The molecular weight excluding hydrogens is 465 g/mol. The normalized spacial score (nSPS) is 15.4. The van der Waals surface area contributed by atoms with Gasteiger partial charge in [0.1, 0.15) is 11.6 Å². The summed E-state index contributed by atoms with van der Waals surface area (Å²) < 4.78 is 46.1. The summed E-state index contributed by atoms with van der Waals surface area (Å²) in [5, 5.41) is 4.77. The fourth-order valence-corrected chi connectivity index (χ4v) is 5.31. The van der Waals surface area contributed by atoms with Crippen LogP contribution in [0, 0.1) is 5.82 Å². The third-order valence-corrected chi connectivity index (χ3v) is 7.14. The van der Waals surface area contributed by atoms with E-state index in [1.165, 1.54) is 29.7 Å². The summed E-state index contributed by atoms with van der Waals surface area (Å²) in [5.74, 6) is -0.610. The lowest BCUT2D eigenvalue weighted by molar-refractivity contribution is -0.123. The molecule has 0 aliphatic heterocycles. The van der Waals surface area contributed by atoms with Gasteiger partial charge in [0.25, 0.3) is 15.9 Å². The quantitative estimate of drug-likeness (QED) is 0.539. The van der Waals surface area contributed by atoms with E-state index in [0.29, 0.717) is 23.7 Å². The third kappa shape index (κ3) is 5.15. The van der Waals surface area contributed by atoms with Gasteiger partial charge < -0.3 is 10.1 Å². The zero-order chi connectivity index (χ0) is 22.0. The number of benzene rings is 2. The second-order valence-corrected chi connectivity index (χ2v) is 9.89. The van der Waals surface area contributed by atoms with Crippen LogP contribution >= 0.6 is 22.9 Å². The maximum absolute atomic E-state index is 13.2. The van der Waals surface area contributed by atoms with Gasteiger partial charge in [0.05, 0.1) is 9.92 Å². The van der Waals surface area contributed by atoms with Crippen molar-refractivity contribution in [3.05, 3.63) is 69.9 Å². The number of nitrogens with one attached hydrogen (secondary N) is 2. The van der Waals surface area contributed by atoms with E-state index in [1.54, 1.807) is 23.6 Å². The summed E-state index contributed by atoms with van der Waals surface area (Å²) in [7, 11) is -3.74. The molecule has 1 amide bonds. The minimum Gasteiger partial charge on any atom is -0.484 e. The minimum atomic E-state index is -3.74. The molecule has 0 saturated heterocycles. The molecule has 4 rings (SSSR count). The van der Waals surface area contributed by atoms with Gasteiger partial charge in [0.2, 0.25) is 0 Å². The molecule has 31 heavy (non-hydrogen) atoms. The van der Waals surface area contributed by atoms with Crippen molar-refractivity contribution in [2.24, 2.45) is 0 Å². The van der Waals surface area contributed by atoms with E-state index < -0.39 is 15.8 Å². The Morgan fingerprint density at radius 2 is 2.03 bits per heavy atom. The topological polar surface area (TPSA) is 97.4 Å². The average Bonchev–Trinajstić information content (AvgIpc) is 3.37. The number of nitrogens with zero attached hydrogens (tertiary/aromatic N) is 1. The number of hydrogen-bond donors (Lipinski definition) is 2. The molecule has 1 atom stereocenters. The largest absolute Gasteiger partial charge is 0.484 e. The van der Waals surface area contributed by atoms with Crippen LogP contribution in [0.15, 0.2) is 52.9 Å². The number of sulfonamides is 1. The van der Waals surface area contributed by atoms with Crippen molar-refractivity contribution in [1.29, 1.82) is 0 Å². The zero-order valence-corrected chi connectivity index (χ0v) is 18.4. The van der Waals surface area contributed by atoms with E-state index in [9.17, 15) is 17.6 Å². The van der Waals surface area contributed by atoms with Crippen molar-refractivity contribution in [1.82, 2.24) is 10.3 Å². The second-order valence-electron chi connectivity index (χ2n) is 6.91. The zero-order valence-electron chi connectivity index (χ0n) is 16.0. The van der Waals surface area contributed by atoms with Crippen LogP contribution < -0.4 is 14.8 Å². The van der Waals surface area contributed by atoms with Crippen LogP contribution in [0.3, 0.4) is 0 Å². The van der Waals surface area contributed by atoms with Gasteiger partial charge in [-0.2, -0.15) is 0 Å². The van der Waals surface area contributed by atoms with Crippen molar-refractivity contribution in [3.63, 3.8) is 0 Å². The third-order valence-electron chi connectivity index (χ3n) is 4.70. The predicted molar refractivity (Wildman–Crippen MR) is 116 cm³/mol. The first-order valence-corrected chi connectivity index (χ1v) is 12.0. The summed E-state index contributed by atoms with van der Waals surface area (Å²) in [4.78, 5) is 16.3. The Hall–Kier alpha value is -2.69. The number of halogens is 2. The lowest BCUT2D eigenvalue weighted by atomic mass is 10.1. The maximum atomic E-state index is 13.2. The van der Waals surface area contributed by atoms with Gasteiger partial charge in [-0.25, -0.2) is 17.8 Å². The number of hydrogen-bond acceptors (Lipinski definition) is 6. The van der Waals surface area contributed by atoms with Crippen molar-refractivity contribution < 1.29 is 22.3 Å². The highest BCUT2D eigenvalue weighted by molar-refractivity contribution is 7.93. The summed E-state index contributed by atoms with van der Waals surface area (Å²) in [6.07, 6.45) is 2.61. The molecule has 1 unspecified atom stereocenters. The van der Waals surface area contributed by atoms with Gasteiger partial charge in [-0.05, 0) is 48.2 Å². The molecule has 0 spiro atoms. The maximum Gasteiger partial charge on any atom is 0.263 e. The highest BCUT2D eigenvalue weighted by Gasteiger charge is 2.25. The Morgan fingerprint density at radius 1 is 1.23 bits per heavy atom. The van der Waals surface area contributed by atoms with E-state index in [4.69, 9.17) is 16.3 Å². The van der Waals surface area contributed by atoms with Crippen LogP contribution in [0.2, 0.25) is 5.02 Å². The van der Waals surface area contributed by atoms with Crippen molar-refractivity contribution in [3.8, 4) is 5.75 Å². The molecule has 0 bridgehead atoms. The van der Waals surface area contributed by atoms with E-state index in [1.807, 2.05) is 0 Å². The summed E-state index contributed by atoms with van der Waals surface area (Å²) in [6.45, 7) is -0.244. The van der Waals surface area contributed by atoms with Crippen LogP contribution in [-0.2, 0) is 27.7 Å². The Bertz CT molecular complexity index is 1220. The standard InChI is InChI=1S/C20H17ClFN3O4S2/c21-17-10-15(2-4-18(17)22)29-11-19(26)24-14-7-12-1-3-16(9-13(12)8-14)31(27,28)25-20-23-5-6-30-20/h1-6,9-10,14H,7-8,11H2,(H,23,25)(H,24,26). The highest BCUT2D eigenvalue weighted by Crippen LogP contribution is 2.27. The number of ether oxygens (including phenoxy) is 1. The average molecular weight is 482 g/mol. The number of amides is 1. The molecule has 2 aromatic carbocycles. The molecule has 7 nitrogen and oxygen atoms in total. The van der Waals surface area contributed by atoms with Crippen LogP contribution in [-0.4, -0.2) is 32.0 Å². The fraction of sp³-hybridized carbons (Fsp3) is 0.200. The second kappa shape index (κ2) is 8.81. The summed E-state index contributed by atoms with van der Waals surface area (Å²) in [6, 6.07) is 8.61. The number of aromatic nitrogens is 1. The smallest absolute Gasteiger partial charge is 0.263 e. The Labute approximate surface area is 187 Å². The molecule has 0 radical (unpaired) electrons. The number of thiazole rings is 1. The molecule has 1 aliphatic carbocycles. The first-order chi connectivity index (χ1) is 14.8. The van der Waals surface area contributed by atoms with Gasteiger partial charge in [0, 0.05) is 23.7 Å². The molecule has 1 aromatic heterocycles. The fourth-order valence-electron chi connectivity index (χ4n) is 3.30. The lowest BCUT2D eigenvalue weighted by Gasteiger charge is -2.13. The number of anilines is 1. The molecule has 0 saturated carbocycles. The molecule has 1 heterocycles. The Balaban J connectivity index is 1.35. The van der Waals surface area contributed by atoms with E-state index >= 15 is 0 Å². The van der Waals surface area contributed by atoms with Crippen molar-refractivity contribution in [2.75, 3.05) is 11.3 Å². The van der Waals surface area contributed by atoms with Crippen molar-refractivity contribution in [2.45, 2.75) is 23.8 Å². The Kier molecular flexibility index (Phi) is 6.12. The van der Waals surface area contributed by atoms with Crippen LogP contribution in [0.25, 0.3) is 0 Å². The van der Waals surface area contributed by atoms with Gasteiger partial charge in [-0.1, -0.05) is 17.7 Å². The number of rotatable bonds is 7. The molecule has 0 fully saturated rings. The molecular formula is C20H17ClFN3O4S2. The number of carbonyl (C=O) groups excluding carboxylic acids is 1. The molecule has 162 valence electrons. The van der Waals surface area contributed by atoms with E-state index in [0.717, 1.165) is 17.2 Å². The van der Waals surface area contributed by atoms with Gasteiger partial charge in [0.15, 0.2) is 11.7 Å². The molecule has 11 heteroatoms. The molecule has 2 N–H and O–H groups in total. The van der Waals surface area contributed by atoms with Crippen LogP contribution in [0.4, 0.5) is 9.52 Å². The monoisotopic (exact) mass is 481 g/mol. The SMILES string of the molecule is O=C(COc1ccc(F)c(Cl)c1)NC1Cc2ccc(S(=O)(=O)Nc3nccs3)cc2C1. The van der Waals surface area contributed by atoms with Crippen molar-refractivity contribution >= 4 is 44.0 Å². The predicted octanol–water partition coefficient (Wildman–Crippen LogP) is 3.40. The first kappa shape index (κ1) is 21.5. The summed E-state index contributed by atoms with van der Waals surface area (Å²) in [5.41, 5.74) is 1.84.